The first-order valence-electron chi connectivity index (χ1n) is 4.29. The molecule has 0 amide bonds. The van der Waals surface area contributed by atoms with Crippen molar-refractivity contribution in [3.63, 3.8) is 0 Å². The van der Waals surface area contributed by atoms with E-state index < -0.39 is 0 Å². The first-order chi connectivity index (χ1) is 5.68. The van der Waals surface area contributed by atoms with E-state index in [0.717, 1.165) is 18.5 Å². The standard InChI is InChI=1S/C9H14N2O/c10-7-2-1-5(3-8(7)11)6-4-9(6)12/h1-2,5-6,9,12H,3-4,10-11H2/t5?,6-,9-/m0/s1. The molecular weight excluding hydrogens is 152 g/mol. The molecule has 0 saturated heterocycles. The molecule has 2 aliphatic carbocycles. The van der Waals surface area contributed by atoms with Crippen LogP contribution in [0.5, 0.6) is 0 Å². The molecule has 0 aromatic carbocycles. The number of nitrogens with two attached hydrogens (primary N) is 2. The molecule has 1 saturated carbocycles. The maximum absolute atomic E-state index is 9.21. The Balaban J connectivity index is 2.03. The van der Waals surface area contributed by atoms with Crippen LogP contribution >= 0.6 is 0 Å². The molecule has 0 aromatic heterocycles. The molecule has 0 spiro atoms. The van der Waals surface area contributed by atoms with E-state index in [1.165, 1.54) is 0 Å². The van der Waals surface area contributed by atoms with Crippen molar-refractivity contribution in [1.82, 2.24) is 0 Å². The van der Waals surface area contributed by atoms with Gasteiger partial charge in [0, 0.05) is 5.70 Å². The second kappa shape index (κ2) is 2.52. The Hall–Kier alpha value is -0.960. The van der Waals surface area contributed by atoms with E-state index in [1.54, 1.807) is 0 Å². The van der Waals surface area contributed by atoms with Crippen molar-refractivity contribution in [1.29, 1.82) is 0 Å². The highest BCUT2D eigenvalue weighted by Gasteiger charge is 2.41. The Labute approximate surface area is 71.7 Å². The Morgan fingerprint density at radius 2 is 2.08 bits per heavy atom. The molecule has 3 nitrogen and oxygen atoms in total. The van der Waals surface area contributed by atoms with E-state index in [-0.39, 0.29) is 6.10 Å². The van der Waals surface area contributed by atoms with Gasteiger partial charge >= 0.3 is 0 Å². The molecule has 0 radical (unpaired) electrons. The van der Waals surface area contributed by atoms with E-state index in [1.807, 2.05) is 6.08 Å². The van der Waals surface area contributed by atoms with Gasteiger partial charge in [-0.1, -0.05) is 6.08 Å². The summed E-state index contributed by atoms with van der Waals surface area (Å²) in [4.78, 5) is 0. The lowest BCUT2D eigenvalue weighted by Gasteiger charge is -2.17. The quantitative estimate of drug-likeness (QED) is 0.516. The van der Waals surface area contributed by atoms with E-state index in [2.05, 4.69) is 6.08 Å². The lowest BCUT2D eigenvalue weighted by atomic mass is 9.92. The zero-order chi connectivity index (χ0) is 8.72. The lowest BCUT2D eigenvalue weighted by Crippen LogP contribution is -2.17. The van der Waals surface area contributed by atoms with E-state index >= 15 is 0 Å². The monoisotopic (exact) mass is 166 g/mol. The average Bonchev–Trinajstić information content (AvgIpc) is 2.73. The van der Waals surface area contributed by atoms with Crippen molar-refractivity contribution in [3.05, 3.63) is 23.5 Å². The molecule has 0 bridgehead atoms. The van der Waals surface area contributed by atoms with Crippen molar-refractivity contribution in [2.45, 2.75) is 18.9 Å². The smallest absolute Gasteiger partial charge is 0.0578 e. The number of aliphatic hydroxyl groups excluding tert-OH is 1. The number of allylic oxidation sites excluding steroid dienone is 3. The minimum absolute atomic E-state index is 0.105. The summed E-state index contributed by atoms with van der Waals surface area (Å²) in [7, 11) is 0. The van der Waals surface area contributed by atoms with Gasteiger partial charge in [-0.05, 0) is 30.8 Å². The van der Waals surface area contributed by atoms with Crippen molar-refractivity contribution >= 4 is 0 Å². The van der Waals surface area contributed by atoms with Crippen LogP contribution in [0.15, 0.2) is 23.5 Å². The summed E-state index contributed by atoms with van der Waals surface area (Å²) in [5, 5.41) is 9.21. The fourth-order valence-corrected chi connectivity index (χ4v) is 1.73. The highest BCUT2D eigenvalue weighted by atomic mass is 16.3. The van der Waals surface area contributed by atoms with Gasteiger partial charge < -0.3 is 16.6 Å². The summed E-state index contributed by atoms with van der Waals surface area (Å²) >= 11 is 0. The van der Waals surface area contributed by atoms with Crippen molar-refractivity contribution < 1.29 is 5.11 Å². The second-order valence-electron chi connectivity index (χ2n) is 3.67. The number of hydrogen-bond donors (Lipinski definition) is 3. The van der Waals surface area contributed by atoms with Gasteiger partial charge in [-0.3, -0.25) is 0 Å². The molecule has 12 heavy (non-hydrogen) atoms. The fourth-order valence-electron chi connectivity index (χ4n) is 1.73. The molecule has 1 fully saturated rings. The van der Waals surface area contributed by atoms with Gasteiger partial charge in [0.15, 0.2) is 0 Å². The van der Waals surface area contributed by atoms with Gasteiger partial charge in [0.25, 0.3) is 0 Å². The van der Waals surface area contributed by atoms with Crippen LogP contribution in [0.3, 0.4) is 0 Å². The molecule has 0 aromatic rings. The Morgan fingerprint density at radius 3 is 2.58 bits per heavy atom. The van der Waals surface area contributed by atoms with Crippen LogP contribution in [-0.2, 0) is 0 Å². The van der Waals surface area contributed by atoms with Gasteiger partial charge in [-0.15, -0.1) is 0 Å². The van der Waals surface area contributed by atoms with Crippen LogP contribution in [0, 0.1) is 11.8 Å². The fraction of sp³-hybridized carbons (Fsp3) is 0.556. The number of aliphatic hydroxyl groups is 1. The SMILES string of the molecule is NC1=C(N)CC([C@@H]2C[C@@H]2O)C=C1. The second-order valence-corrected chi connectivity index (χ2v) is 3.67. The molecule has 66 valence electrons. The minimum Gasteiger partial charge on any atom is -0.400 e. The number of hydrogen-bond acceptors (Lipinski definition) is 3. The first kappa shape index (κ1) is 7.68. The third kappa shape index (κ3) is 1.20. The first-order valence-corrected chi connectivity index (χ1v) is 4.29. The molecule has 2 aliphatic rings. The van der Waals surface area contributed by atoms with Crippen molar-refractivity contribution in [2.75, 3.05) is 0 Å². The normalized spacial score (nSPS) is 40.2. The minimum atomic E-state index is -0.105. The van der Waals surface area contributed by atoms with Crippen molar-refractivity contribution in [2.24, 2.45) is 23.3 Å². The summed E-state index contributed by atoms with van der Waals surface area (Å²) in [6.45, 7) is 0. The molecular formula is C9H14N2O. The van der Waals surface area contributed by atoms with Gasteiger partial charge in [0.2, 0.25) is 0 Å². The Kier molecular flexibility index (Phi) is 1.61. The number of rotatable bonds is 1. The molecule has 2 rings (SSSR count). The molecule has 3 heteroatoms. The third-order valence-corrected chi connectivity index (χ3v) is 2.70. The Morgan fingerprint density at radius 1 is 1.42 bits per heavy atom. The van der Waals surface area contributed by atoms with Crippen LogP contribution in [0.25, 0.3) is 0 Å². The van der Waals surface area contributed by atoms with Crippen LogP contribution in [-0.4, -0.2) is 11.2 Å². The van der Waals surface area contributed by atoms with Gasteiger partial charge in [-0.2, -0.15) is 0 Å². The molecule has 1 unspecified atom stereocenters. The van der Waals surface area contributed by atoms with Crippen molar-refractivity contribution in [3.8, 4) is 0 Å². The summed E-state index contributed by atoms with van der Waals surface area (Å²) < 4.78 is 0. The summed E-state index contributed by atoms with van der Waals surface area (Å²) in [5.74, 6) is 0.834. The topological polar surface area (TPSA) is 72.3 Å². The summed E-state index contributed by atoms with van der Waals surface area (Å²) in [5.41, 5.74) is 12.7. The average molecular weight is 166 g/mol. The van der Waals surface area contributed by atoms with Crippen LogP contribution in [0.1, 0.15) is 12.8 Å². The predicted molar refractivity (Wildman–Crippen MR) is 46.8 cm³/mol. The van der Waals surface area contributed by atoms with Gasteiger partial charge in [-0.25, -0.2) is 0 Å². The summed E-state index contributed by atoms with van der Waals surface area (Å²) in [6.07, 6.45) is 5.54. The summed E-state index contributed by atoms with van der Waals surface area (Å²) in [6, 6.07) is 0. The van der Waals surface area contributed by atoms with E-state index in [0.29, 0.717) is 17.5 Å². The molecule has 3 atom stereocenters. The molecule has 5 N–H and O–H groups in total. The Bertz CT molecular complexity index is 257. The van der Waals surface area contributed by atoms with Crippen LogP contribution in [0.2, 0.25) is 0 Å². The predicted octanol–water partition coefficient (Wildman–Crippen LogP) is 0.0723. The zero-order valence-electron chi connectivity index (χ0n) is 6.90. The highest BCUT2D eigenvalue weighted by Crippen LogP contribution is 2.41. The van der Waals surface area contributed by atoms with Gasteiger partial charge in [0.1, 0.15) is 0 Å². The van der Waals surface area contributed by atoms with E-state index in [9.17, 15) is 5.11 Å². The van der Waals surface area contributed by atoms with Crippen LogP contribution in [0.4, 0.5) is 0 Å². The maximum Gasteiger partial charge on any atom is 0.0578 e. The maximum atomic E-state index is 9.21. The third-order valence-electron chi connectivity index (χ3n) is 2.70. The van der Waals surface area contributed by atoms with Gasteiger partial charge in [0.05, 0.1) is 11.8 Å². The largest absolute Gasteiger partial charge is 0.400 e. The zero-order valence-corrected chi connectivity index (χ0v) is 6.90. The lowest BCUT2D eigenvalue weighted by molar-refractivity contribution is 0.246. The van der Waals surface area contributed by atoms with Crippen LogP contribution < -0.4 is 11.5 Å². The highest BCUT2D eigenvalue weighted by molar-refractivity contribution is 5.27. The molecule has 0 heterocycles. The van der Waals surface area contributed by atoms with E-state index in [4.69, 9.17) is 11.5 Å². The molecule has 0 aliphatic heterocycles.